The van der Waals surface area contributed by atoms with Gasteiger partial charge in [0.15, 0.2) is 5.78 Å². The second-order valence-electron chi connectivity index (χ2n) is 7.79. The molecule has 0 spiro atoms. The van der Waals surface area contributed by atoms with Crippen LogP contribution in [0.1, 0.15) is 56.3 Å². The van der Waals surface area contributed by atoms with E-state index in [4.69, 9.17) is 4.74 Å². The molecule has 0 amide bonds. The third-order valence-corrected chi connectivity index (χ3v) is 5.65. The zero-order chi connectivity index (χ0) is 21.8. The fourth-order valence-corrected chi connectivity index (χ4v) is 4.07. The minimum atomic E-state index is -0.448. The van der Waals surface area contributed by atoms with E-state index in [2.05, 4.69) is 9.88 Å². The number of aryl methyl sites for hydroxylation is 2. The van der Waals surface area contributed by atoms with Gasteiger partial charge in [0.05, 0.1) is 43.9 Å². The number of hydrogen-bond acceptors (Lipinski definition) is 5. The van der Waals surface area contributed by atoms with Crippen molar-refractivity contribution < 1.29 is 24.0 Å². The molecule has 0 atom stereocenters. The third-order valence-electron chi connectivity index (χ3n) is 5.65. The number of ether oxygens (including phenoxy) is 1. The number of anilines is 1. The molecule has 3 rings (SSSR count). The lowest BCUT2D eigenvalue weighted by molar-refractivity contribution is -0.892. The van der Waals surface area contributed by atoms with Crippen molar-refractivity contribution in [2.75, 3.05) is 44.2 Å². The summed E-state index contributed by atoms with van der Waals surface area (Å²) in [7, 11) is 0. The van der Waals surface area contributed by atoms with Crippen molar-refractivity contribution in [3.8, 4) is 0 Å². The number of hydrogen-bond donors (Lipinski definition) is 2. The molecular formula is C23H30N3O4+. The zero-order valence-electron chi connectivity index (χ0n) is 18.1. The number of carbonyl (C=O) groups is 3. The van der Waals surface area contributed by atoms with Crippen molar-refractivity contribution in [2.24, 2.45) is 0 Å². The summed E-state index contributed by atoms with van der Waals surface area (Å²) in [4.78, 5) is 43.4. The predicted octanol–water partition coefficient (Wildman–Crippen LogP) is 1.60. The molecule has 160 valence electrons. The molecule has 1 aromatic heterocycles. The molecule has 2 heterocycles. The summed E-state index contributed by atoms with van der Waals surface area (Å²) in [6.07, 6.45) is 0. The lowest BCUT2D eigenvalue weighted by Gasteiger charge is -2.33. The summed E-state index contributed by atoms with van der Waals surface area (Å²) in [6.45, 7) is 10.9. The zero-order valence-corrected chi connectivity index (χ0v) is 18.1. The van der Waals surface area contributed by atoms with Gasteiger partial charge in [0.2, 0.25) is 5.78 Å². The number of benzene rings is 1. The van der Waals surface area contributed by atoms with Crippen LogP contribution in [0.15, 0.2) is 24.3 Å². The minimum Gasteiger partial charge on any atom is -0.462 e. The molecule has 7 nitrogen and oxygen atoms in total. The van der Waals surface area contributed by atoms with Gasteiger partial charge in [-0.15, -0.1) is 0 Å². The van der Waals surface area contributed by atoms with Gasteiger partial charge >= 0.3 is 5.97 Å². The highest BCUT2D eigenvalue weighted by molar-refractivity contribution is 6.08. The van der Waals surface area contributed by atoms with Gasteiger partial charge in [-0.3, -0.25) is 9.59 Å². The third kappa shape index (κ3) is 4.62. The number of ketones is 2. The molecule has 0 unspecified atom stereocenters. The largest absolute Gasteiger partial charge is 0.462 e. The first-order valence-corrected chi connectivity index (χ1v) is 10.4. The van der Waals surface area contributed by atoms with E-state index in [0.29, 0.717) is 34.6 Å². The predicted molar refractivity (Wildman–Crippen MR) is 115 cm³/mol. The topological polar surface area (TPSA) is 83.9 Å². The molecule has 0 radical (unpaired) electrons. The maximum Gasteiger partial charge on any atom is 0.340 e. The summed E-state index contributed by atoms with van der Waals surface area (Å²) in [5.41, 5.74) is 4.01. The molecule has 30 heavy (non-hydrogen) atoms. The van der Waals surface area contributed by atoms with Crippen LogP contribution in [0.2, 0.25) is 0 Å². The van der Waals surface area contributed by atoms with E-state index >= 15 is 0 Å². The van der Waals surface area contributed by atoms with Gasteiger partial charge in [-0.05, 0) is 52.0 Å². The smallest absolute Gasteiger partial charge is 0.340 e. The Kier molecular flexibility index (Phi) is 6.72. The quantitative estimate of drug-likeness (QED) is 0.533. The first kappa shape index (κ1) is 21.8. The van der Waals surface area contributed by atoms with E-state index in [9.17, 15) is 14.4 Å². The number of Topliss-reactive ketones (excluding diaryl/α,β-unsaturated/α-hetero) is 2. The number of piperazine rings is 1. The van der Waals surface area contributed by atoms with Gasteiger partial charge < -0.3 is 19.5 Å². The number of nitrogens with zero attached hydrogens (tertiary/aromatic N) is 1. The van der Waals surface area contributed by atoms with Crippen LogP contribution in [0.5, 0.6) is 0 Å². The highest BCUT2D eigenvalue weighted by Crippen LogP contribution is 2.20. The van der Waals surface area contributed by atoms with Crippen LogP contribution in [0.25, 0.3) is 0 Å². The van der Waals surface area contributed by atoms with Crippen molar-refractivity contribution in [3.63, 3.8) is 0 Å². The molecular weight excluding hydrogens is 382 g/mol. The van der Waals surface area contributed by atoms with Crippen LogP contribution in [0.3, 0.4) is 0 Å². The molecule has 1 aliphatic rings. The Morgan fingerprint density at radius 1 is 1.03 bits per heavy atom. The molecule has 1 saturated heterocycles. The van der Waals surface area contributed by atoms with E-state index in [1.165, 1.54) is 4.90 Å². The number of esters is 1. The van der Waals surface area contributed by atoms with E-state index in [-0.39, 0.29) is 18.2 Å². The average molecular weight is 413 g/mol. The van der Waals surface area contributed by atoms with Gasteiger partial charge in [0, 0.05) is 22.6 Å². The highest BCUT2D eigenvalue weighted by Gasteiger charge is 2.29. The van der Waals surface area contributed by atoms with E-state index in [1.54, 1.807) is 20.8 Å². The van der Waals surface area contributed by atoms with E-state index in [0.717, 1.165) is 31.9 Å². The minimum absolute atomic E-state index is 0.0332. The van der Waals surface area contributed by atoms with E-state index in [1.807, 2.05) is 31.2 Å². The first-order chi connectivity index (χ1) is 14.3. The second-order valence-corrected chi connectivity index (χ2v) is 7.79. The second kappa shape index (κ2) is 9.26. The van der Waals surface area contributed by atoms with Crippen LogP contribution in [-0.4, -0.2) is 61.9 Å². The van der Waals surface area contributed by atoms with Crippen molar-refractivity contribution in [2.45, 2.75) is 27.7 Å². The summed E-state index contributed by atoms with van der Waals surface area (Å²) in [5.74, 6) is -0.419. The number of quaternary nitrogens is 1. The fraction of sp³-hybridized carbons (Fsp3) is 0.435. The molecule has 1 aromatic carbocycles. The summed E-state index contributed by atoms with van der Waals surface area (Å²) in [6, 6.07) is 7.66. The van der Waals surface area contributed by atoms with Crippen LogP contribution < -0.4 is 9.80 Å². The number of H-pyrrole nitrogens is 1. The first-order valence-electron chi connectivity index (χ1n) is 10.4. The molecule has 1 aliphatic heterocycles. The van der Waals surface area contributed by atoms with Gasteiger partial charge in [0.25, 0.3) is 0 Å². The number of rotatable bonds is 7. The molecule has 0 bridgehead atoms. The molecule has 2 N–H and O–H groups in total. The Labute approximate surface area is 177 Å². The molecule has 2 aromatic rings. The number of carbonyl (C=O) groups excluding carboxylic acids is 3. The maximum atomic E-state index is 13.0. The maximum absolute atomic E-state index is 13.0. The Hall–Kier alpha value is -2.93. The van der Waals surface area contributed by atoms with Crippen molar-refractivity contribution in [1.82, 2.24) is 4.98 Å². The number of aromatic amines is 1. The van der Waals surface area contributed by atoms with E-state index < -0.39 is 5.97 Å². The molecule has 7 heteroatoms. The molecule has 0 aliphatic carbocycles. The van der Waals surface area contributed by atoms with Gasteiger partial charge in [-0.1, -0.05) is 0 Å². The highest BCUT2D eigenvalue weighted by atomic mass is 16.5. The summed E-state index contributed by atoms with van der Waals surface area (Å²) < 4.78 is 5.14. The lowest BCUT2D eigenvalue weighted by Crippen LogP contribution is -3.15. The Bertz CT molecular complexity index is 938. The summed E-state index contributed by atoms with van der Waals surface area (Å²) in [5, 5.41) is 0. The van der Waals surface area contributed by atoms with Gasteiger partial charge in [-0.25, -0.2) is 4.79 Å². The average Bonchev–Trinajstić information content (AvgIpc) is 3.02. The van der Waals surface area contributed by atoms with Crippen molar-refractivity contribution >= 4 is 23.2 Å². The monoisotopic (exact) mass is 412 g/mol. The van der Waals surface area contributed by atoms with Crippen molar-refractivity contribution in [3.05, 3.63) is 52.3 Å². The van der Waals surface area contributed by atoms with Crippen LogP contribution in [-0.2, 0) is 4.74 Å². The summed E-state index contributed by atoms with van der Waals surface area (Å²) >= 11 is 0. The Morgan fingerprint density at radius 3 is 2.20 bits per heavy atom. The Morgan fingerprint density at radius 2 is 1.63 bits per heavy atom. The van der Waals surface area contributed by atoms with Crippen molar-refractivity contribution in [1.29, 1.82) is 0 Å². The van der Waals surface area contributed by atoms with Crippen LogP contribution in [0, 0.1) is 13.8 Å². The van der Waals surface area contributed by atoms with Crippen LogP contribution >= 0.6 is 0 Å². The SMILES string of the molecule is CCOC(=O)c1c(C)[nH]c(C)c1C(=O)C[NH+]1CCN(c2ccc(C(C)=O)cc2)CC1. The standard InChI is InChI=1S/C23H29N3O4/c1-5-30-23(29)22-16(3)24-15(2)21(22)20(28)14-25-10-12-26(13-11-25)19-8-6-18(7-9-19)17(4)27/h6-9,24H,5,10-14H2,1-4H3/p+1. The normalized spacial score (nSPS) is 14.6. The molecule has 0 saturated carbocycles. The van der Waals surface area contributed by atoms with Gasteiger partial charge in [-0.2, -0.15) is 0 Å². The number of aromatic nitrogens is 1. The Balaban J connectivity index is 1.63. The lowest BCUT2D eigenvalue weighted by atomic mass is 10.0. The molecule has 1 fully saturated rings. The number of nitrogens with one attached hydrogen (secondary N) is 2. The van der Waals surface area contributed by atoms with Gasteiger partial charge in [0.1, 0.15) is 6.54 Å². The fourth-order valence-electron chi connectivity index (χ4n) is 4.07. The van der Waals surface area contributed by atoms with Crippen LogP contribution in [0.4, 0.5) is 5.69 Å².